The molecule has 0 amide bonds. The van der Waals surface area contributed by atoms with Gasteiger partial charge in [0, 0.05) is 17.3 Å². The van der Waals surface area contributed by atoms with E-state index in [9.17, 15) is 13.2 Å². The van der Waals surface area contributed by atoms with Crippen molar-refractivity contribution in [2.24, 2.45) is 5.92 Å². The molecule has 0 aliphatic heterocycles. The van der Waals surface area contributed by atoms with E-state index in [1.165, 1.54) is 6.42 Å². The Morgan fingerprint density at radius 1 is 1.05 bits per heavy atom. The van der Waals surface area contributed by atoms with Gasteiger partial charge in [0.15, 0.2) is 0 Å². The molecule has 4 unspecified atom stereocenters. The van der Waals surface area contributed by atoms with E-state index in [4.69, 9.17) is 0 Å². The smallest absolute Gasteiger partial charge is 0.311 e. The molecule has 2 aliphatic carbocycles. The first-order valence-electron chi connectivity index (χ1n) is 7.43. The zero-order chi connectivity index (χ0) is 13.9. The minimum Gasteiger partial charge on any atom is -0.311 e. The van der Waals surface area contributed by atoms with Crippen molar-refractivity contribution in [1.29, 1.82) is 0 Å². The minimum atomic E-state index is -4.00. The van der Waals surface area contributed by atoms with Crippen LogP contribution in [0.2, 0.25) is 0 Å². The van der Waals surface area contributed by atoms with Crippen LogP contribution in [0.3, 0.4) is 0 Å². The van der Waals surface area contributed by atoms with Crippen LogP contribution in [0.4, 0.5) is 13.2 Å². The highest BCUT2D eigenvalue weighted by Gasteiger charge is 2.42. The number of hydrogen-bond acceptors (Lipinski definition) is 2. The first kappa shape index (κ1) is 15.5. The van der Waals surface area contributed by atoms with Gasteiger partial charge in [-0.25, -0.2) is 0 Å². The highest BCUT2D eigenvalue weighted by atomic mass is 32.2. The molecule has 1 nitrogen and oxygen atoms in total. The molecule has 2 fully saturated rings. The second kappa shape index (κ2) is 6.70. The molecule has 0 aromatic heterocycles. The van der Waals surface area contributed by atoms with Crippen molar-refractivity contribution in [2.45, 2.75) is 75.4 Å². The summed E-state index contributed by atoms with van der Waals surface area (Å²) in [6.07, 6.45) is 1.70. The molecule has 0 heterocycles. The molecule has 4 atom stereocenters. The first-order valence-corrected chi connectivity index (χ1v) is 8.48. The summed E-state index contributed by atoms with van der Waals surface area (Å²) in [5.41, 5.74) is 0. The summed E-state index contributed by atoms with van der Waals surface area (Å²) in [5.74, 6) is 0.0534. The molecule has 19 heavy (non-hydrogen) atoms. The summed E-state index contributed by atoms with van der Waals surface area (Å²) in [6, 6.07) is 0.525. The minimum absolute atomic E-state index is 0.0794. The summed E-state index contributed by atoms with van der Waals surface area (Å²) < 4.78 is 38.3. The van der Waals surface area contributed by atoms with Gasteiger partial charge in [-0.05, 0) is 44.3 Å². The highest BCUT2D eigenvalue weighted by molar-refractivity contribution is 7.99. The molecule has 0 saturated heterocycles. The normalized spacial score (nSPS) is 36.6. The van der Waals surface area contributed by atoms with Crippen molar-refractivity contribution in [3.05, 3.63) is 0 Å². The topological polar surface area (TPSA) is 12.0 Å². The van der Waals surface area contributed by atoms with E-state index in [0.717, 1.165) is 25.0 Å². The van der Waals surface area contributed by atoms with Gasteiger partial charge in [0.2, 0.25) is 0 Å². The summed E-state index contributed by atoms with van der Waals surface area (Å²) in [5, 5.41) is 4.21. The van der Waals surface area contributed by atoms with Crippen molar-refractivity contribution in [2.75, 3.05) is 5.75 Å². The lowest BCUT2D eigenvalue weighted by Crippen LogP contribution is -2.42. The predicted molar refractivity (Wildman–Crippen MR) is 74.5 cm³/mol. The highest BCUT2D eigenvalue weighted by Crippen LogP contribution is 2.38. The molecule has 112 valence electrons. The van der Waals surface area contributed by atoms with Crippen LogP contribution >= 0.6 is 11.8 Å². The average molecular weight is 295 g/mol. The van der Waals surface area contributed by atoms with Gasteiger partial charge < -0.3 is 5.32 Å². The van der Waals surface area contributed by atoms with Crippen molar-refractivity contribution in [3.8, 4) is 0 Å². The fraction of sp³-hybridized carbons (Fsp3) is 1.00. The van der Waals surface area contributed by atoms with Crippen LogP contribution < -0.4 is 5.32 Å². The Kier molecular flexibility index (Phi) is 5.46. The molecule has 2 aliphatic rings. The largest absolute Gasteiger partial charge is 0.391 e. The molecule has 0 radical (unpaired) electrons. The molecule has 0 aromatic carbocycles. The van der Waals surface area contributed by atoms with E-state index in [1.807, 2.05) is 11.8 Å². The fourth-order valence-corrected chi connectivity index (χ4v) is 4.59. The van der Waals surface area contributed by atoms with E-state index >= 15 is 0 Å². The third-order valence-corrected chi connectivity index (χ3v) is 5.63. The standard InChI is InChI=1S/C14H24F3NS/c1-2-19-13-7-6-12(9-13)18-11-5-3-4-10(8-11)14(15,16)17/h10-13,18H,2-9H2,1H3. The van der Waals surface area contributed by atoms with Gasteiger partial charge in [0.05, 0.1) is 5.92 Å². The van der Waals surface area contributed by atoms with Gasteiger partial charge in [0.1, 0.15) is 0 Å². The Balaban J connectivity index is 1.77. The lowest BCUT2D eigenvalue weighted by Gasteiger charge is -2.33. The molecule has 2 rings (SSSR count). The van der Waals surface area contributed by atoms with E-state index in [2.05, 4.69) is 12.2 Å². The molecule has 0 aromatic rings. The Hall–Kier alpha value is 0.100. The van der Waals surface area contributed by atoms with Gasteiger partial charge in [-0.15, -0.1) is 0 Å². The average Bonchev–Trinajstić information content (AvgIpc) is 2.76. The zero-order valence-electron chi connectivity index (χ0n) is 11.5. The summed E-state index contributed by atoms with van der Waals surface area (Å²) in [6.45, 7) is 2.17. The van der Waals surface area contributed by atoms with Crippen LogP contribution in [-0.2, 0) is 0 Å². The molecular weight excluding hydrogens is 271 g/mol. The van der Waals surface area contributed by atoms with Gasteiger partial charge in [0.25, 0.3) is 0 Å². The number of thioether (sulfide) groups is 1. The van der Waals surface area contributed by atoms with Crippen molar-refractivity contribution in [1.82, 2.24) is 5.32 Å². The summed E-state index contributed by atoms with van der Waals surface area (Å²) >= 11 is 1.99. The third-order valence-electron chi connectivity index (χ3n) is 4.40. The van der Waals surface area contributed by atoms with E-state index in [0.29, 0.717) is 24.1 Å². The molecule has 5 heteroatoms. The van der Waals surface area contributed by atoms with Gasteiger partial charge >= 0.3 is 6.18 Å². The van der Waals surface area contributed by atoms with Gasteiger partial charge in [-0.1, -0.05) is 13.3 Å². The van der Waals surface area contributed by atoms with Crippen molar-refractivity contribution < 1.29 is 13.2 Å². The molecule has 0 spiro atoms. The second-order valence-electron chi connectivity index (χ2n) is 5.86. The van der Waals surface area contributed by atoms with Crippen LogP contribution in [0, 0.1) is 5.92 Å². The fourth-order valence-electron chi connectivity index (χ4n) is 3.45. The number of nitrogens with one attached hydrogen (secondary N) is 1. The molecule has 2 saturated carbocycles. The monoisotopic (exact) mass is 295 g/mol. The molecular formula is C14H24F3NS. The number of alkyl halides is 3. The maximum atomic E-state index is 12.8. The van der Waals surface area contributed by atoms with Crippen LogP contribution in [0.25, 0.3) is 0 Å². The maximum absolute atomic E-state index is 12.8. The van der Waals surface area contributed by atoms with Crippen LogP contribution in [0.15, 0.2) is 0 Å². The Morgan fingerprint density at radius 3 is 2.47 bits per heavy atom. The summed E-state index contributed by atoms with van der Waals surface area (Å²) in [4.78, 5) is 0. The Bertz CT molecular complexity index is 282. The van der Waals surface area contributed by atoms with Gasteiger partial charge in [-0.2, -0.15) is 24.9 Å². The lowest BCUT2D eigenvalue weighted by atomic mass is 9.85. The maximum Gasteiger partial charge on any atom is 0.391 e. The van der Waals surface area contributed by atoms with E-state index in [1.54, 1.807) is 0 Å². The van der Waals surface area contributed by atoms with Crippen LogP contribution in [0.1, 0.15) is 51.9 Å². The lowest BCUT2D eigenvalue weighted by molar-refractivity contribution is -0.183. The summed E-state index contributed by atoms with van der Waals surface area (Å²) in [7, 11) is 0. The second-order valence-corrected chi connectivity index (χ2v) is 7.43. The Labute approximate surface area is 118 Å². The Morgan fingerprint density at radius 2 is 1.79 bits per heavy atom. The van der Waals surface area contributed by atoms with Crippen LogP contribution in [-0.4, -0.2) is 29.3 Å². The first-order chi connectivity index (χ1) is 8.99. The van der Waals surface area contributed by atoms with Gasteiger partial charge in [-0.3, -0.25) is 0 Å². The number of rotatable bonds is 4. The number of halogens is 3. The van der Waals surface area contributed by atoms with E-state index < -0.39 is 12.1 Å². The third kappa shape index (κ3) is 4.55. The number of hydrogen-bond donors (Lipinski definition) is 1. The quantitative estimate of drug-likeness (QED) is 0.826. The molecule has 1 N–H and O–H groups in total. The molecule has 0 bridgehead atoms. The van der Waals surface area contributed by atoms with Crippen molar-refractivity contribution in [3.63, 3.8) is 0 Å². The van der Waals surface area contributed by atoms with E-state index in [-0.39, 0.29) is 12.5 Å². The van der Waals surface area contributed by atoms with Crippen molar-refractivity contribution >= 4 is 11.8 Å². The SMILES string of the molecule is CCSC1CCC(NC2CCCC(C(F)(F)F)C2)C1. The van der Waals surface area contributed by atoms with Crippen LogP contribution in [0.5, 0.6) is 0 Å². The predicted octanol–water partition coefficient (Wildman–Crippen LogP) is 4.37. The zero-order valence-corrected chi connectivity index (χ0v) is 12.3.